The Morgan fingerprint density at radius 1 is 1.04 bits per heavy atom. The lowest BCUT2D eigenvalue weighted by atomic mass is 9.83. The van der Waals surface area contributed by atoms with Crippen molar-refractivity contribution in [3.8, 4) is 0 Å². The van der Waals surface area contributed by atoms with Gasteiger partial charge in [-0.25, -0.2) is 4.99 Å². The molecule has 0 saturated heterocycles. The van der Waals surface area contributed by atoms with Gasteiger partial charge in [0.05, 0.1) is 12.8 Å². The summed E-state index contributed by atoms with van der Waals surface area (Å²) in [7, 11) is 1.56. The van der Waals surface area contributed by atoms with Crippen LogP contribution < -0.4 is 5.73 Å². The number of amides is 1. The third-order valence-electron chi connectivity index (χ3n) is 4.23. The molecule has 0 aliphatic heterocycles. The summed E-state index contributed by atoms with van der Waals surface area (Å²) >= 11 is 0. The molecular weight excluding hydrogens is 324 g/mol. The minimum Gasteiger partial charge on any atom is -0.481 e. The maximum absolute atomic E-state index is 11.2. The summed E-state index contributed by atoms with van der Waals surface area (Å²) in [5.41, 5.74) is 10.6. The van der Waals surface area contributed by atoms with Crippen LogP contribution in [0.1, 0.15) is 53.4 Å². The molecule has 0 unspecified atom stereocenters. The third kappa shape index (κ3) is 4.39. The van der Waals surface area contributed by atoms with E-state index >= 15 is 0 Å². The smallest absolute Gasteiger partial charge is 0.248 e. The Kier molecular flexibility index (Phi) is 5.66. The standard InChI is InChI=1S/C22H26N2O2/c1-14-7-8-18(13-19(14)22(3,4)5)15(2)24-21(26-6)17-11-9-16(10-12-17)20(23)25/h7-13H,2H2,1,3-6H3,(H2,23,25). The average molecular weight is 350 g/mol. The Morgan fingerprint density at radius 2 is 1.58 bits per heavy atom. The molecule has 0 aliphatic rings. The molecule has 0 bridgehead atoms. The minimum atomic E-state index is -0.466. The van der Waals surface area contributed by atoms with Crippen LogP contribution in [-0.2, 0) is 10.2 Å². The molecule has 4 nitrogen and oxygen atoms in total. The summed E-state index contributed by atoms with van der Waals surface area (Å²) in [6, 6.07) is 13.0. The number of ether oxygens (including phenoxy) is 1. The number of carbonyl (C=O) groups excluding carboxylic acids is 1. The molecule has 0 aromatic heterocycles. The van der Waals surface area contributed by atoms with Gasteiger partial charge in [0.2, 0.25) is 11.8 Å². The van der Waals surface area contributed by atoms with Gasteiger partial charge in [0.1, 0.15) is 0 Å². The van der Waals surface area contributed by atoms with Gasteiger partial charge in [-0.1, -0.05) is 39.5 Å². The second-order valence-electron chi connectivity index (χ2n) is 7.29. The van der Waals surface area contributed by atoms with E-state index in [4.69, 9.17) is 10.5 Å². The molecule has 0 atom stereocenters. The van der Waals surface area contributed by atoms with Crippen LogP contribution in [0.2, 0.25) is 0 Å². The molecule has 0 fully saturated rings. The van der Waals surface area contributed by atoms with Gasteiger partial charge < -0.3 is 10.5 Å². The zero-order valence-corrected chi connectivity index (χ0v) is 16.1. The molecular formula is C22H26N2O2. The van der Waals surface area contributed by atoms with Gasteiger partial charge in [-0.15, -0.1) is 0 Å². The average Bonchev–Trinajstić information content (AvgIpc) is 2.59. The van der Waals surface area contributed by atoms with Gasteiger partial charge in [0, 0.05) is 11.1 Å². The molecule has 2 aromatic rings. The van der Waals surface area contributed by atoms with E-state index in [-0.39, 0.29) is 5.41 Å². The number of hydrogen-bond donors (Lipinski definition) is 1. The van der Waals surface area contributed by atoms with E-state index in [1.165, 1.54) is 11.1 Å². The van der Waals surface area contributed by atoms with Crippen molar-refractivity contribution in [1.29, 1.82) is 0 Å². The summed E-state index contributed by atoms with van der Waals surface area (Å²) in [6.07, 6.45) is 0. The summed E-state index contributed by atoms with van der Waals surface area (Å²) in [5.74, 6) is -0.0323. The van der Waals surface area contributed by atoms with Gasteiger partial charge in [-0.05, 0) is 59.4 Å². The third-order valence-corrected chi connectivity index (χ3v) is 4.23. The fourth-order valence-electron chi connectivity index (χ4n) is 2.80. The van der Waals surface area contributed by atoms with Crippen LogP contribution in [0, 0.1) is 6.92 Å². The lowest BCUT2D eigenvalue weighted by Crippen LogP contribution is -2.13. The largest absolute Gasteiger partial charge is 0.481 e. The Morgan fingerprint density at radius 3 is 2.08 bits per heavy atom. The Balaban J connectivity index is 2.37. The second kappa shape index (κ2) is 7.56. The Hall–Kier alpha value is -2.88. The first-order valence-corrected chi connectivity index (χ1v) is 8.47. The monoisotopic (exact) mass is 350 g/mol. The second-order valence-corrected chi connectivity index (χ2v) is 7.29. The Bertz CT molecular complexity index is 857. The summed E-state index contributed by atoms with van der Waals surface area (Å²) in [6.45, 7) is 12.8. The first-order chi connectivity index (χ1) is 12.1. The zero-order valence-electron chi connectivity index (χ0n) is 16.1. The summed E-state index contributed by atoms with van der Waals surface area (Å²) in [5, 5.41) is 0. The molecule has 0 saturated carbocycles. The van der Waals surface area contributed by atoms with E-state index in [0.29, 0.717) is 17.2 Å². The molecule has 0 aliphatic carbocycles. The number of rotatable bonds is 4. The molecule has 2 rings (SSSR count). The highest BCUT2D eigenvalue weighted by Crippen LogP contribution is 2.29. The molecule has 0 heterocycles. The van der Waals surface area contributed by atoms with Crippen LogP contribution in [0.4, 0.5) is 0 Å². The highest BCUT2D eigenvalue weighted by molar-refractivity contribution is 5.99. The van der Waals surface area contributed by atoms with E-state index in [2.05, 4.69) is 51.4 Å². The number of aryl methyl sites for hydroxylation is 1. The molecule has 0 radical (unpaired) electrons. The van der Waals surface area contributed by atoms with Crippen molar-refractivity contribution in [2.24, 2.45) is 10.7 Å². The van der Waals surface area contributed by atoms with Crippen LogP contribution in [0.15, 0.2) is 54.0 Å². The lowest BCUT2D eigenvalue weighted by molar-refractivity contribution is 0.100. The maximum Gasteiger partial charge on any atom is 0.248 e. The number of methoxy groups -OCH3 is 1. The van der Waals surface area contributed by atoms with Crippen LogP contribution in [-0.4, -0.2) is 18.9 Å². The fourth-order valence-corrected chi connectivity index (χ4v) is 2.80. The van der Waals surface area contributed by atoms with E-state index < -0.39 is 5.91 Å². The van der Waals surface area contributed by atoms with Crippen molar-refractivity contribution in [1.82, 2.24) is 0 Å². The normalized spacial score (nSPS) is 12.0. The van der Waals surface area contributed by atoms with Crippen molar-refractivity contribution in [3.63, 3.8) is 0 Å². The molecule has 2 aromatic carbocycles. The van der Waals surface area contributed by atoms with Gasteiger partial charge in [0.25, 0.3) is 0 Å². The molecule has 1 amide bonds. The first kappa shape index (κ1) is 19.4. The molecule has 26 heavy (non-hydrogen) atoms. The minimum absolute atomic E-state index is 0.0404. The number of benzene rings is 2. The Labute approximate surface area is 155 Å². The number of primary amides is 1. The number of nitrogens with zero attached hydrogens (tertiary/aromatic N) is 1. The van der Waals surface area contributed by atoms with Crippen LogP contribution in [0.5, 0.6) is 0 Å². The topological polar surface area (TPSA) is 64.7 Å². The van der Waals surface area contributed by atoms with Crippen LogP contribution in [0.3, 0.4) is 0 Å². The number of nitrogens with two attached hydrogens (primary N) is 1. The van der Waals surface area contributed by atoms with Gasteiger partial charge >= 0.3 is 0 Å². The van der Waals surface area contributed by atoms with Crippen LogP contribution in [0.25, 0.3) is 5.70 Å². The van der Waals surface area contributed by atoms with Gasteiger partial charge in [0.15, 0.2) is 0 Å². The van der Waals surface area contributed by atoms with Gasteiger partial charge in [-0.3, -0.25) is 4.79 Å². The quantitative estimate of drug-likeness (QED) is 0.654. The van der Waals surface area contributed by atoms with Crippen molar-refractivity contribution in [2.45, 2.75) is 33.1 Å². The summed E-state index contributed by atoms with van der Waals surface area (Å²) < 4.78 is 5.42. The van der Waals surface area contributed by atoms with Gasteiger partial charge in [-0.2, -0.15) is 0 Å². The molecule has 2 N–H and O–H groups in total. The lowest BCUT2D eigenvalue weighted by Gasteiger charge is -2.22. The van der Waals surface area contributed by atoms with E-state index in [9.17, 15) is 4.79 Å². The predicted octanol–water partition coefficient (Wildman–Crippen LogP) is 4.46. The van der Waals surface area contributed by atoms with Crippen molar-refractivity contribution < 1.29 is 9.53 Å². The van der Waals surface area contributed by atoms with E-state index in [1.807, 2.05) is 6.07 Å². The van der Waals surface area contributed by atoms with Crippen LogP contribution >= 0.6 is 0 Å². The van der Waals surface area contributed by atoms with Crippen molar-refractivity contribution >= 4 is 17.5 Å². The number of aliphatic imine (C=N–C) groups is 1. The highest BCUT2D eigenvalue weighted by Gasteiger charge is 2.17. The zero-order chi connectivity index (χ0) is 19.5. The molecule has 0 spiro atoms. The maximum atomic E-state index is 11.2. The highest BCUT2D eigenvalue weighted by atomic mass is 16.5. The van der Waals surface area contributed by atoms with Crippen molar-refractivity contribution in [3.05, 3.63) is 76.9 Å². The number of carbonyl (C=O) groups is 1. The van der Waals surface area contributed by atoms with E-state index in [0.717, 1.165) is 11.1 Å². The van der Waals surface area contributed by atoms with Crippen molar-refractivity contribution in [2.75, 3.05) is 7.11 Å². The first-order valence-electron chi connectivity index (χ1n) is 8.47. The molecule has 4 heteroatoms. The SMILES string of the molecule is C=C(N=C(OC)c1ccc(C(N)=O)cc1)c1ccc(C)c(C(C)(C)C)c1. The van der Waals surface area contributed by atoms with E-state index in [1.54, 1.807) is 31.4 Å². The molecule has 136 valence electrons. The summed E-state index contributed by atoms with van der Waals surface area (Å²) in [4.78, 5) is 15.7. The predicted molar refractivity (Wildman–Crippen MR) is 107 cm³/mol. The number of hydrogen-bond acceptors (Lipinski definition) is 3. The fraction of sp³-hybridized carbons (Fsp3) is 0.273.